The predicted molar refractivity (Wildman–Crippen MR) is 79.5 cm³/mol. The van der Waals surface area contributed by atoms with Gasteiger partial charge in [0.1, 0.15) is 0 Å². The first-order chi connectivity index (χ1) is 9.76. The second kappa shape index (κ2) is 7.41. The van der Waals surface area contributed by atoms with Gasteiger partial charge in [0, 0.05) is 26.2 Å². The Morgan fingerprint density at radius 3 is 2.55 bits per heavy atom. The average molecular weight is 276 g/mol. The molecule has 0 bridgehead atoms. The summed E-state index contributed by atoms with van der Waals surface area (Å²) in [5, 5.41) is 3.45. The lowest BCUT2D eigenvalue weighted by Crippen LogP contribution is -2.46. The molecule has 1 amide bonds. The molecule has 1 N–H and O–H groups in total. The topological polar surface area (TPSA) is 41.6 Å². The summed E-state index contributed by atoms with van der Waals surface area (Å²) in [4.78, 5) is 14.5. The molecule has 1 aliphatic rings. The number of hydrogen-bond acceptors (Lipinski definition) is 3. The summed E-state index contributed by atoms with van der Waals surface area (Å²) in [6.07, 6.45) is 1.56. The number of carbonyl (C=O) groups is 1. The third kappa shape index (κ3) is 3.58. The number of piperidine rings is 1. The summed E-state index contributed by atoms with van der Waals surface area (Å²) in [6.45, 7) is 4.73. The molecule has 1 unspecified atom stereocenters. The molecule has 1 atom stereocenters. The van der Waals surface area contributed by atoms with E-state index < -0.39 is 6.10 Å². The van der Waals surface area contributed by atoms with Crippen LogP contribution < -0.4 is 5.32 Å². The monoisotopic (exact) mass is 276 g/mol. The number of hydrogen-bond donors (Lipinski definition) is 1. The highest BCUT2D eigenvalue weighted by atomic mass is 16.5. The molecule has 1 fully saturated rings. The lowest BCUT2D eigenvalue weighted by molar-refractivity contribution is -0.143. The Labute approximate surface area is 121 Å². The van der Waals surface area contributed by atoms with E-state index in [2.05, 4.69) is 12.2 Å². The third-order valence-electron chi connectivity index (χ3n) is 3.86. The van der Waals surface area contributed by atoms with E-state index in [1.807, 2.05) is 35.2 Å². The number of ether oxygens (including phenoxy) is 1. The van der Waals surface area contributed by atoms with Gasteiger partial charge in [-0.1, -0.05) is 37.3 Å². The van der Waals surface area contributed by atoms with Gasteiger partial charge in [-0.3, -0.25) is 4.79 Å². The minimum Gasteiger partial charge on any atom is -0.367 e. The van der Waals surface area contributed by atoms with Crippen molar-refractivity contribution in [3.63, 3.8) is 0 Å². The van der Waals surface area contributed by atoms with Gasteiger partial charge >= 0.3 is 0 Å². The highest BCUT2D eigenvalue weighted by Gasteiger charge is 2.28. The predicted octanol–water partition coefficient (Wildman–Crippen LogP) is 1.97. The molecule has 1 saturated heterocycles. The third-order valence-corrected chi connectivity index (χ3v) is 3.86. The summed E-state index contributed by atoms with van der Waals surface area (Å²) < 4.78 is 5.42. The van der Waals surface area contributed by atoms with Crippen molar-refractivity contribution in [2.45, 2.75) is 31.9 Å². The summed E-state index contributed by atoms with van der Waals surface area (Å²) >= 11 is 0. The molecule has 1 heterocycles. The van der Waals surface area contributed by atoms with Gasteiger partial charge in [-0.15, -0.1) is 0 Å². The van der Waals surface area contributed by atoms with Crippen molar-refractivity contribution in [1.82, 2.24) is 10.2 Å². The molecule has 4 nitrogen and oxygen atoms in total. The Hall–Kier alpha value is -1.39. The van der Waals surface area contributed by atoms with Crippen molar-refractivity contribution in [3.8, 4) is 0 Å². The molecule has 0 radical (unpaired) electrons. The Bertz CT molecular complexity index is 414. The number of nitrogens with zero attached hydrogens (tertiary/aromatic N) is 1. The van der Waals surface area contributed by atoms with Crippen molar-refractivity contribution < 1.29 is 9.53 Å². The van der Waals surface area contributed by atoms with E-state index in [1.165, 1.54) is 0 Å². The van der Waals surface area contributed by atoms with E-state index in [1.54, 1.807) is 7.11 Å². The van der Waals surface area contributed by atoms with Crippen LogP contribution in [-0.2, 0) is 9.53 Å². The van der Waals surface area contributed by atoms with Crippen LogP contribution in [0.2, 0.25) is 0 Å². The van der Waals surface area contributed by atoms with Gasteiger partial charge in [-0.25, -0.2) is 0 Å². The zero-order valence-electron chi connectivity index (χ0n) is 12.3. The molecule has 20 heavy (non-hydrogen) atoms. The summed E-state index contributed by atoms with van der Waals surface area (Å²) in [7, 11) is 1.60. The first kappa shape index (κ1) is 15.0. The summed E-state index contributed by atoms with van der Waals surface area (Å²) in [5.41, 5.74) is 0.925. The zero-order chi connectivity index (χ0) is 14.4. The van der Waals surface area contributed by atoms with Gasteiger partial charge in [0.25, 0.3) is 5.91 Å². The molecule has 0 saturated carbocycles. The maximum Gasteiger partial charge on any atom is 0.256 e. The highest BCUT2D eigenvalue weighted by molar-refractivity contribution is 5.82. The molecule has 1 aromatic carbocycles. The Morgan fingerprint density at radius 1 is 1.35 bits per heavy atom. The van der Waals surface area contributed by atoms with E-state index >= 15 is 0 Å². The smallest absolute Gasteiger partial charge is 0.256 e. The zero-order valence-corrected chi connectivity index (χ0v) is 12.3. The maximum atomic E-state index is 12.6. The quantitative estimate of drug-likeness (QED) is 0.894. The number of benzene rings is 1. The Kier molecular flexibility index (Phi) is 5.56. The number of nitrogens with one attached hydrogen (secondary N) is 1. The first-order valence-corrected chi connectivity index (χ1v) is 7.36. The molecule has 4 heteroatoms. The van der Waals surface area contributed by atoms with Gasteiger partial charge in [0.05, 0.1) is 0 Å². The maximum absolute atomic E-state index is 12.6. The molecular weight excluding hydrogens is 252 g/mol. The minimum absolute atomic E-state index is 0.0775. The first-order valence-electron chi connectivity index (χ1n) is 7.36. The molecular formula is C16H24N2O2. The van der Waals surface area contributed by atoms with Crippen LogP contribution in [0.25, 0.3) is 0 Å². The van der Waals surface area contributed by atoms with Crippen molar-refractivity contribution in [1.29, 1.82) is 0 Å². The van der Waals surface area contributed by atoms with Crippen molar-refractivity contribution in [2.75, 3.05) is 26.7 Å². The fourth-order valence-corrected chi connectivity index (χ4v) is 2.77. The highest BCUT2D eigenvalue weighted by Crippen LogP contribution is 2.21. The van der Waals surface area contributed by atoms with Crippen LogP contribution in [0, 0.1) is 0 Å². The lowest BCUT2D eigenvalue weighted by Gasteiger charge is -2.34. The van der Waals surface area contributed by atoms with Crippen LogP contribution in [0.5, 0.6) is 0 Å². The van der Waals surface area contributed by atoms with Crippen LogP contribution in [-0.4, -0.2) is 43.6 Å². The molecule has 1 aliphatic heterocycles. The van der Waals surface area contributed by atoms with Crippen molar-refractivity contribution >= 4 is 5.91 Å². The molecule has 0 spiro atoms. The second-order valence-electron chi connectivity index (χ2n) is 5.18. The number of methoxy groups -OCH3 is 1. The van der Waals surface area contributed by atoms with E-state index in [4.69, 9.17) is 4.74 Å². The largest absolute Gasteiger partial charge is 0.367 e. The van der Waals surface area contributed by atoms with Crippen molar-refractivity contribution in [2.24, 2.45) is 0 Å². The Morgan fingerprint density at radius 2 is 2.00 bits per heavy atom. The van der Waals surface area contributed by atoms with Gasteiger partial charge in [0.2, 0.25) is 0 Å². The number of likely N-dealkylation sites (tertiary alicyclic amines) is 1. The van der Waals surface area contributed by atoms with Crippen LogP contribution in [0.3, 0.4) is 0 Å². The SMILES string of the molecule is CCNC1CCN(C(=O)C(OC)c2ccccc2)CC1. The van der Waals surface area contributed by atoms with Crippen LogP contribution in [0.15, 0.2) is 30.3 Å². The molecule has 1 aromatic rings. The molecule has 0 aromatic heterocycles. The molecule has 0 aliphatic carbocycles. The van der Waals surface area contributed by atoms with Gasteiger partial charge < -0.3 is 15.0 Å². The fourth-order valence-electron chi connectivity index (χ4n) is 2.77. The van der Waals surface area contributed by atoms with Gasteiger partial charge in [-0.2, -0.15) is 0 Å². The van der Waals surface area contributed by atoms with Crippen molar-refractivity contribution in [3.05, 3.63) is 35.9 Å². The van der Waals surface area contributed by atoms with Crippen LogP contribution >= 0.6 is 0 Å². The van der Waals surface area contributed by atoms with E-state index in [0.717, 1.165) is 38.0 Å². The van der Waals surface area contributed by atoms with E-state index in [-0.39, 0.29) is 5.91 Å². The fraction of sp³-hybridized carbons (Fsp3) is 0.562. The second-order valence-corrected chi connectivity index (χ2v) is 5.18. The van der Waals surface area contributed by atoms with Crippen LogP contribution in [0.1, 0.15) is 31.4 Å². The summed E-state index contributed by atoms with van der Waals surface area (Å²) in [5.74, 6) is 0.0775. The normalized spacial score (nSPS) is 18.0. The van der Waals surface area contributed by atoms with E-state index in [0.29, 0.717) is 6.04 Å². The standard InChI is InChI=1S/C16H24N2O2/c1-3-17-14-9-11-18(12-10-14)16(19)15(20-2)13-7-5-4-6-8-13/h4-8,14-15,17H,3,9-12H2,1-2H3. The molecule has 2 rings (SSSR count). The molecule has 110 valence electrons. The average Bonchev–Trinajstić information content (AvgIpc) is 2.50. The van der Waals surface area contributed by atoms with E-state index in [9.17, 15) is 4.79 Å². The number of carbonyl (C=O) groups excluding carboxylic acids is 1. The number of amides is 1. The van der Waals surface area contributed by atoms with Gasteiger partial charge in [-0.05, 0) is 24.9 Å². The Balaban J connectivity index is 1.97. The summed E-state index contributed by atoms with van der Waals surface area (Å²) in [6, 6.07) is 10.2. The minimum atomic E-state index is -0.480. The van der Waals surface area contributed by atoms with Gasteiger partial charge in [0.15, 0.2) is 6.10 Å². The number of rotatable bonds is 5. The lowest BCUT2D eigenvalue weighted by atomic mass is 10.0. The van der Waals surface area contributed by atoms with Crippen LogP contribution in [0.4, 0.5) is 0 Å².